The number of ketones is 1. The fourth-order valence-corrected chi connectivity index (χ4v) is 3.99. The Morgan fingerprint density at radius 2 is 2.09 bits per heavy atom. The average molecular weight is 455 g/mol. The van der Waals surface area contributed by atoms with E-state index in [9.17, 15) is 22.8 Å². The molecule has 0 amide bonds. The number of pyridine rings is 1. The van der Waals surface area contributed by atoms with E-state index in [-0.39, 0.29) is 56.2 Å². The number of nitrogens with zero attached hydrogens (tertiary/aromatic N) is 5. The van der Waals surface area contributed by atoms with E-state index in [1.54, 1.807) is 13.0 Å². The fraction of sp³-hybridized carbons (Fsp3) is 0.500. The number of ether oxygens (including phenoxy) is 1. The van der Waals surface area contributed by atoms with Gasteiger partial charge in [-0.05, 0) is 25.5 Å². The summed E-state index contributed by atoms with van der Waals surface area (Å²) in [6, 6.07) is 0.533. The van der Waals surface area contributed by atoms with E-state index < -0.39 is 35.8 Å². The van der Waals surface area contributed by atoms with Crippen LogP contribution in [0.1, 0.15) is 29.7 Å². The Balaban J connectivity index is 1.80. The van der Waals surface area contributed by atoms with Crippen molar-refractivity contribution in [2.45, 2.75) is 31.6 Å². The Morgan fingerprint density at radius 3 is 2.75 bits per heavy atom. The first kappa shape index (κ1) is 22.2. The topological polar surface area (TPSA) is 80.6 Å². The van der Waals surface area contributed by atoms with Gasteiger partial charge in [-0.15, -0.1) is 0 Å². The van der Waals surface area contributed by atoms with Crippen LogP contribution in [0, 0.1) is 5.82 Å². The number of aromatic nitrogens is 3. The second-order valence-corrected chi connectivity index (χ2v) is 7.77. The predicted octanol–water partition coefficient (Wildman–Crippen LogP) is 2.20. The number of hydrogen-bond donors (Lipinski definition) is 0. The Hall–Kier alpha value is -3.02. The number of rotatable bonds is 4. The fourth-order valence-electron chi connectivity index (χ4n) is 3.99. The summed E-state index contributed by atoms with van der Waals surface area (Å²) >= 11 is 0. The van der Waals surface area contributed by atoms with Gasteiger partial charge in [0, 0.05) is 31.0 Å². The zero-order valence-electron chi connectivity index (χ0n) is 17.2. The maximum absolute atomic E-state index is 15.0. The molecule has 2 aromatic rings. The molecule has 2 aromatic heterocycles. The third-order valence-electron chi connectivity index (χ3n) is 5.63. The van der Waals surface area contributed by atoms with Crippen LogP contribution in [0.5, 0.6) is 0 Å². The van der Waals surface area contributed by atoms with Gasteiger partial charge in [-0.25, -0.2) is 0 Å². The lowest BCUT2D eigenvalue weighted by Gasteiger charge is -2.38. The first-order chi connectivity index (χ1) is 15.2. The molecule has 12 heteroatoms. The summed E-state index contributed by atoms with van der Waals surface area (Å²) < 4.78 is 61.7. The Bertz CT molecular complexity index is 1060. The largest absolute Gasteiger partial charge is 0.409 e. The normalized spacial score (nSPS) is 21.4. The highest BCUT2D eigenvalue weighted by molar-refractivity contribution is 5.98. The molecule has 0 saturated carbocycles. The van der Waals surface area contributed by atoms with Crippen molar-refractivity contribution in [3.63, 3.8) is 0 Å². The third-order valence-corrected chi connectivity index (χ3v) is 5.63. The molecule has 8 nitrogen and oxygen atoms in total. The molecule has 4 rings (SSSR count). The minimum absolute atomic E-state index is 0.174. The number of Topliss-reactive ketones (excluding diaryl/α,β-unsaturated/α-hetero) is 1. The van der Waals surface area contributed by atoms with Crippen LogP contribution >= 0.6 is 0 Å². The van der Waals surface area contributed by atoms with Gasteiger partial charge >= 0.3 is 6.18 Å². The average Bonchev–Trinajstić information content (AvgIpc) is 2.76. The summed E-state index contributed by atoms with van der Waals surface area (Å²) in [5.41, 5.74) is -1.15. The highest BCUT2D eigenvalue weighted by Gasteiger charge is 2.47. The molecule has 4 heterocycles. The highest BCUT2D eigenvalue weighted by Crippen LogP contribution is 2.38. The molecule has 0 aliphatic carbocycles. The smallest absolute Gasteiger partial charge is 0.377 e. The van der Waals surface area contributed by atoms with Gasteiger partial charge in [0.2, 0.25) is 11.8 Å². The van der Waals surface area contributed by atoms with Gasteiger partial charge in [0.05, 0.1) is 25.8 Å². The molecular formula is C20H21F4N5O3. The van der Waals surface area contributed by atoms with Gasteiger partial charge in [0.25, 0.3) is 5.56 Å². The monoisotopic (exact) mass is 455 g/mol. The van der Waals surface area contributed by atoms with Crippen LogP contribution in [-0.4, -0.2) is 65.4 Å². The molecule has 2 atom stereocenters. The molecule has 32 heavy (non-hydrogen) atoms. The van der Waals surface area contributed by atoms with Gasteiger partial charge < -0.3 is 14.5 Å². The summed E-state index contributed by atoms with van der Waals surface area (Å²) in [6.07, 6.45) is -2.46. The quantitative estimate of drug-likeness (QED) is 0.517. The van der Waals surface area contributed by atoms with Crippen molar-refractivity contribution in [2.75, 3.05) is 42.6 Å². The van der Waals surface area contributed by atoms with Gasteiger partial charge in [-0.1, -0.05) is 0 Å². The second kappa shape index (κ2) is 8.49. The lowest BCUT2D eigenvalue weighted by atomic mass is 10.1. The lowest BCUT2D eigenvalue weighted by molar-refractivity contribution is -0.171. The van der Waals surface area contributed by atoms with Crippen molar-refractivity contribution in [2.24, 2.45) is 0 Å². The summed E-state index contributed by atoms with van der Waals surface area (Å²) in [7, 11) is 0. The first-order valence-electron chi connectivity index (χ1n) is 10.1. The zero-order chi connectivity index (χ0) is 23.0. The van der Waals surface area contributed by atoms with Crippen LogP contribution in [0.4, 0.5) is 29.3 Å². The van der Waals surface area contributed by atoms with E-state index in [0.717, 1.165) is 0 Å². The van der Waals surface area contributed by atoms with Crippen LogP contribution in [-0.2, 0) is 4.74 Å². The molecule has 0 aromatic carbocycles. The number of morpholine rings is 1. The van der Waals surface area contributed by atoms with Crippen LogP contribution in [0.25, 0.3) is 0 Å². The summed E-state index contributed by atoms with van der Waals surface area (Å²) in [4.78, 5) is 36.3. The van der Waals surface area contributed by atoms with E-state index in [0.29, 0.717) is 4.57 Å². The molecule has 172 valence electrons. The van der Waals surface area contributed by atoms with Gasteiger partial charge in [-0.2, -0.15) is 22.5 Å². The first-order valence-corrected chi connectivity index (χ1v) is 10.1. The Labute approximate surface area is 180 Å². The van der Waals surface area contributed by atoms with Crippen molar-refractivity contribution in [3.8, 4) is 0 Å². The van der Waals surface area contributed by atoms with Gasteiger partial charge in [0.15, 0.2) is 11.6 Å². The number of alkyl halides is 3. The van der Waals surface area contributed by atoms with E-state index >= 15 is 4.39 Å². The molecule has 0 radical (unpaired) electrons. The predicted molar refractivity (Wildman–Crippen MR) is 107 cm³/mol. The van der Waals surface area contributed by atoms with Gasteiger partial charge in [-0.3, -0.25) is 19.1 Å². The lowest BCUT2D eigenvalue weighted by Crippen LogP contribution is -2.50. The van der Waals surface area contributed by atoms with Gasteiger partial charge in [0.1, 0.15) is 6.04 Å². The number of carbonyl (C=O) groups excluding carboxylic acids is 1. The molecule has 2 aliphatic rings. The van der Waals surface area contributed by atoms with E-state index in [1.807, 2.05) is 0 Å². The van der Waals surface area contributed by atoms with Crippen molar-refractivity contribution in [1.29, 1.82) is 0 Å². The number of carbonyl (C=O) groups is 1. The molecule has 0 spiro atoms. The van der Waals surface area contributed by atoms with Crippen molar-refractivity contribution >= 4 is 17.5 Å². The molecule has 1 saturated heterocycles. The van der Waals surface area contributed by atoms with Crippen molar-refractivity contribution in [1.82, 2.24) is 14.5 Å². The van der Waals surface area contributed by atoms with Crippen LogP contribution in [0.2, 0.25) is 0 Å². The van der Waals surface area contributed by atoms with Crippen molar-refractivity contribution < 1.29 is 27.1 Å². The van der Waals surface area contributed by atoms with Crippen LogP contribution in [0.3, 0.4) is 0 Å². The summed E-state index contributed by atoms with van der Waals surface area (Å²) in [6.45, 7) is 1.98. The zero-order valence-corrected chi connectivity index (χ0v) is 17.2. The number of hydrogen-bond acceptors (Lipinski definition) is 7. The molecule has 1 unspecified atom stereocenters. The molecule has 2 aliphatic heterocycles. The van der Waals surface area contributed by atoms with Crippen LogP contribution < -0.4 is 15.4 Å². The SMILES string of the molecule is C[C@@H]1COCCN1c1nc2n(c(=O)c1F)C(C(F)(F)F)CCN2CC(=O)c1cccnc1. The van der Waals surface area contributed by atoms with E-state index in [2.05, 4.69) is 9.97 Å². The van der Waals surface area contributed by atoms with E-state index in [1.165, 1.54) is 28.3 Å². The Kier molecular flexibility index (Phi) is 5.89. The molecule has 1 fully saturated rings. The molecule has 0 N–H and O–H groups in total. The van der Waals surface area contributed by atoms with E-state index in [4.69, 9.17) is 4.74 Å². The number of halogens is 4. The third kappa shape index (κ3) is 4.06. The van der Waals surface area contributed by atoms with Crippen molar-refractivity contribution in [3.05, 3.63) is 46.3 Å². The highest BCUT2D eigenvalue weighted by atomic mass is 19.4. The standard InChI is InChI=1S/C20H21F4N5O3/c1-12-11-32-8-7-28(12)17-16(21)18(31)29-15(20(22,23)24)4-6-27(19(29)26-17)10-14(30)13-3-2-5-25-9-13/h2-3,5,9,12,15H,4,6-8,10-11H2,1H3/t12-,15?/m1/s1. The second-order valence-electron chi connectivity index (χ2n) is 7.77. The van der Waals surface area contributed by atoms with Crippen LogP contribution in [0.15, 0.2) is 29.3 Å². The number of fused-ring (bicyclic) bond motifs is 1. The molecule has 0 bridgehead atoms. The molecular weight excluding hydrogens is 434 g/mol. The summed E-state index contributed by atoms with van der Waals surface area (Å²) in [5.74, 6) is -2.47. The maximum Gasteiger partial charge on any atom is 0.409 e. The Morgan fingerprint density at radius 1 is 1.31 bits per heavy atom. The minimum Gasteiger partial charge on any atom is -0.377 e. The minimum atomic E-state index is -4.78. The maximum atomic E-state index is 15.0. The number of anilines is 2. The summed E-state index contributed by atoms with van der Waals surface area (Å²) in [5, 5.41) is 0.